The molecule has 1 aromatic carbocycles. The van der Waals surface area contributed by atoms with Crippen molar-refractivity contribution < 1.29 is 4.79 Å². The Labute approximate surface area is 116 Å². The summed E-state index contributed by atoms with van der Waals surface area (Å²) in [5.41, 5.74) is 1.94. The van der Waals surface area contributed by atoms with Crippen molar-refractivity contribution in [2.45, 2.75) is 46.1 Å². The molecule has 0 atom stereocenters. The molecule has 0 aliphatic heterocycles. The van der Waals surface area contributed by atoms with Crippen molar-refractivity contribution in [3.63, 3.8) is 0 Å². The fraction of sp³-hybridized carbons (Fsp3) is 0.500. The first-order valence-electron chi connectivity index (χ1n) is 6.89. The van der Waals surface area contributed by atoms with Crippen molar-refractivity contribution in [1.29, 1.82) is 5.26 Å². The molecule has 2 rings (SSSR count). The number of anilines is 1. The Morgan fingerprint density at radius 3 is 2.11 bits per heavy atom. The van der Waals surface area contributed by atoms with Gasteiger partial charge in [-0.05, 0) is 37.1 Å². The van der Waals surface area contributed by atoms with Gasteiger partial charge in [0, 0.05) is 25.2 Å². The number of carbonyl (C=O) groups is 1. The van der Waals surface area contributed by atoms with Crippen LogP contribution in [0, 0.1) is 11.3 Å². The highest BCUT2D eigenvalue weighted by atomic mass is 16.1. The number of hydrogen-bond donors (Lipinski definition) is 0. The van der Waals surface area contributed by atoms with Gasteiger partial charge in [-0.3, -0.25) is 0 Å². The molecule has 0 aromatic heterocycles. The number of aldehydes is 1. The first-order valence-corrected chi connectivity index (χ1v) is 6.89. The number of carbonyl (C=O) groups excluding carboxylic acids is 1. The largest absolute Gasteiger partial charge is 0.372 e. The van der Waals surface area contributed by atoms with Gasteiger partial charge in [0.2, 0.25) is 0 Å². The second kappa shape index (κ2) is 10.1. The molecule has 0 N–H and O–H groups in total. The van der Waals surface area contributed by atoms with Gasteiger partial charge in [0.25, 0.3) is 0 Å². The fourth-order valence-corrected chi connectivity index (χ4v) is 1.44. The number of rotatable bonds is 3. The zero-order valence-electron chi connectivity index (χ0n) is 12.4. The molecule has 0 bridgehead atoms. The molecule has 1 saturated carbocycles. The van der Waals surface area contributed by atoms with E-state index in [9.17, 15) is 4.79 Å². The summed E-state index contributed by atoms with van der Waals surface area (Å²) in [5, 5.41) is 8.63. The van der Waals surface area contributed by atoms with Crippen molar-refractivity contribution in [3.05, 3.63) is 29.8 Å². The first kappa shape index (κ1) is 17.2. The molecular weight excluding hydrogens is 236 g/mol. The van der Waals surface area contributed by atoms with E-state index in [0.29, 0.717) is 6.42 Å². The predicted molar refractivity (Wildman–Crippen MR) is 80.3 cm³/mol. The lowest BCUT2D eigenvalue weighted by Gasteiger charge is -2.18. The van der Waals surface area contributed by atoms with Crippen molar-refractivity contribution in [2.75, 3.05) is 11.9 Å². The van der Waals surface area contributed by atoms with Crippen molar-refractivity contribution in [2.24, 2.45) is 0 Å². The Morgan fingerprint density at radius 2 is 1.79 bits per heavy atom. The molecule has 1 aliphatic rings. The smallest absolute Gasteiger partial charge is 0.119 e. The average molecular weight is 260 g/mol. The second-order valence-electron chi connectivity index (χ2n) is 4.08. The van der Waals surface area contributed by atoms with Gasteiger partial charge in [-0.15, -0.1) is 0 Å². The van der Waals surface area contributed by atoms with E-state index in [4.69, 9.17) is 5.26 Å². The SMILES string of the molecule is CC.CCC=O.CN(c1ccc(C#N)cc1)C1CC1. The molecule has 19 heavy (non-hydrogen) atoms. The Bertz CT molecular complexity index is 388. The van der Waals surface area contributed by atoms with Crippen LogP contribution in [-0.4, -0.2) is 19.4 Å². The highest BCUT2D eigenvalue weighted by Crippen LogP contribution is 2.29. The summed E-state index contributed by atoms with van der Waals surface area (Å²) in [7, 11) is 2.11. The molecule has 3 heteroatoms. The standard InChI is InChI=1S/C11H12N2.C3H6O.C2H6/c1-13(11-6-7-11)10-4-2-9(8-12)3-5-10;1-2-3-4;1-2/h2-5,11H,6-7H2,1H3;3H,2H2,1H3;1-2H3. The maximum absolute atomic E-state index is 9.17. The zero-order valence-corrected chi connectivity index (χ0v) is 12.4. The molecule has 1 aromatic rings. The summed E-state index contributed by atoms with van der Waals surface area (Å²) in [5.74, 6) is 0. The topological polar surface area (TPSA) is 44.1 Å². The van der Waals surface area contributed by atoms with Crippen LogP contribution in [0.2, 0.25) is 0 Å². The highest BCUT2D eigenvalue weighted by Gasteiger charge is 2.26. The van der Waals surface area contributed by atoms with Gasteiger partial charge in [0.05, 0.1) is 11.6 Å². The van der Waals surface area contributed by atoms with Gasteiger partial charge >= 0.3 is 0 Å². The normalized spacial score (nSPS) is 11.9. The van der Waals surface area contributed by atoms with Crippen molar-refractivity contribution >= 4 is 12.0 Å². The number of benzene rings is 1. The molecule has 0 heterocycles. The maximum atomic E-state index is 9.17. The minimum absolute atomic E-state index is 0.639. The summed E-state index contributed by atoms with van der Waals surface area (Å²) in [6.07, 6.45) is 4.12. The zero-order chi connectivity index (χ0) is 14.7. The number of hydrogen-bond acceptors (Lipinski definition) is 3. The third-order valence-electron chi connectivity index (χ3n) is 2.66. The lowest BCUT2D eigenvalue weighted by Crippen LogP contribution is -2.18. The molecule has 0 radical (unpaired) electrons. The number of nitriles is 1. The average Bonchev–Trinajstić information content (AvgIpc) is 3.33. The van der Waals surface area contributed by atoms with Crippen LogP contribution >= 0.6 is 0 Å². The summed E-state index contributed by atoms with van der Waals surface area (Å²) in [4.78, 5) is 11.5. The van der Waals surface area contributed by atoms with Gasteiger partial charge in [-0.1, -0.05) is 20.8 Å². The minimum Gasteiger partial charge on any atom is -0.372 e. The van der Waals surface area contributed by atoms with Gasteiger partial charge in [0.1, 0.15) is 6.29 Å². The first-order chi connectivity index (χ1) is 9.22. The van der Waals surface area contributed by atoms with E-state index < -0.39 is 0 Å². The molecule has 0 unspecified atom stereocenters. The molecule has 1 aliphatic carbocycles. The van der Waals surface area contributed by atoms with Crippen molar-refractivity contribution in [1.82, 2.24) is 0 Å². The molecule has 104 valence electrons. The Balaban J connectivity index is 0.000000467. The third-order valence-corrected chi connectivity index (χ3v) is 2.66. The van der Waals surface area contributed by atoms with Gasteiger partial charge in [0.15, 0.2) is 0 Å². The van der Waals surface area contributed by atoms with Crippen LogP contribution in [0.15, 0.2) is 24.3 Å². The monoisotopic (exact) mass is 260 g/mol. The quantitative estimate of drug-likeness (QED) is 0.777. The highest BCUT2D eigenvalue weighted by molar-refractivity contribution is 5.50. The molecule has 3 nitrogen and oxygen atoms in total. The maximum Gasteiger partial charge on any atom is 0.119 e. The van der Waals surface area contributed by atoms with Gasteiger partial charge in [-0.2, -0.15) is 5.26 Å². The second-order valence-corrected chi connectivity index (χ2v) is 4.08. The predicted octanol–water partition coefficient (Wildman–Crippen LogP) is 3.78. The van der Waals surface area contributed by atoms with Crippen LogP contribution in [0.1, 0.15) is 45.6 Å². The van der Waals surface area contributed by atoms with E-state index in [-0.39, 0.29) is 0 Å². The summed E-state index contributed by atoms with van der Waals surface area (Å²) in [6, 6.07) is 10.6. The fourth-order valence-electron chi connectivity index (χ4n) is 1.44. The summed E-state index contributed by atoms with van der Waals surface area (Å²) < 4.78 is 0. The molecule has 0 spiro atoms. The minimum atomic E-state index is 0.639. The van der Waals surface area contributed by atoms with E-state index >= 15 is 0 Å². The van der Waals surface area contributed by atoms with Crippen LogP contribution in [0.3, 0.4) is 0 Å². The third kappa shape index (κ3) is 6.61. The van der Waals surface area contributed by atoms with E-state index in [1.54, 1.807) is 0 Å². The summed E-state index contributed by atoms with van der Waals surface area (Å²) >= 11 is 0. The van der Waals surface area contributed by atoms with Crippen molar-refractivity contribution in [3.8, 4) is 6.07 Å². The van der Waals surface area contributed by atoms with E-state index in [0.717, 1.165) is 17.9 Å². The lowest BCUT2D eigenvalue weighted by atomic mass is 10.2. The lowest BCUT2D eigenvalue weighted by molar-refractivity contribution is -0.107. The number of nitrogens with zero attached hydrogens (tertiary/aromatic N) is 2. The molecule has 0 saturated heterocycles. The van der Waals surface area contributed by atoms with Crippen LogP contribution in [0.25, 0.3) is 0 Å². The Hall–Kier alpha value is -1.82. The summed E-state index contributed by atoms with van der Waals surface area (Å²) in [6.45, 7) is 5.81. The molecule has 0 amide bonds. The van der Waals surface area contributed by atoms with Crippen LogP contribution in [0.5, 0.6) is 0 Å². The van der Waals surface area contributed by atoms with Crippen LogP contribution < -0.4 is 4.90 Å². The molecular formula is C16H24N2O. The van der Waals surface area contributed by atoms with Crippen LogP contribution in [0.4, 0.5) is 5.69 Å². The Morgan fingerprint density at radius 1 is 1.32 bits per heavy atom. The van der Waals surface area contributed by atoms with Crippen LogP contribution in [-0.2, 0) is 4.79 Å². The van der Waals surface area contributed by atoms with E-state index in [1.165, 1.54) is 18.5 Å². The van der Waals surface area contributed by atoms with Gasteiger partial charge < -0.3 is 9.69 Å². The Kier molecular flexibility index (Phi) is 9.16. The van der Waals surface area contributed by atoms with E-state index in [2.05, 4.69) is 18.0 Å². The van der Waals surface area contributed by atoms with E-state index in [1.807, 2.05) is 45.0 Å². The molecule has 1 fully saturated rings. The van der Waals surface area contributed by atoms with Gasteiger partial charge in [-0.25, -0.2) is 0 Å².